The highest BCUT2D eigenvalue weighted by atomic mass is 16.3. The van der Waals surface area contributed by atoms with Gasteiger partial charge in [-0.2, -0.15) is 0 Å². The fraction of sp³-hybridized carbons (Fsp3) is 0.267. The van der Waals surface area contributed by atoms with Crippen LogP contribution in [0, 0.1) is 0 Å². The van der Waals surface area contributed by atoms with Crippen molar-refractivity contribution in [2.75, 3.05) is 0 Å². The van der Waals surface area contributed by atoms with Crippen LogP contribution in [-0.4, -0.2) is 10.1 Å². The van der Waals surface area contributed by atoms with Crippen LogP contribution in [0.4, 0.5) is 0 Å². The predicted octanol–water partition coefficient (Wildman–Crippen LogP) is 3.19. The van der Waals surface area contributed by atoms with E-state index in [9.17, 15) is 0 Å². The first-order valence-corrected chi connectivity index (χ1v) is 5.97. The fourth-order valence-electron chi connectivity index (χ4n) is 1.56. The third kappa shape index (κ3) is 4.00. The van der Waals surface area contributed by atoms with Gasteiger partial charge in [0, 0.05) is 12.6 Å². The van der Waals surface area contributed by atoms with Gasteiger partial charge < -0.3 is 5.11 Å². The number of pyridine rings is 1. The minimum atomic E-state index is 0.0516. The molecule has 2 rings (SSSR count). The minimum absolute atomic E-state index is 0.0516. The molecule has 0 saturated carbocycles. The van der Waals surface area contributed by atoms with E-state index in [-0.39, 0.29) is 6.61 Å². The van der Waals surface area contributed by atoms with E-state index in [4.69, 9.17) is 5.11 Å². The van der Waals surface area contributed by atoms with Crippen molar-refractivity contribution in [3.8, 4) is 0 Å². The Labute approximate surface area is 103 Å². The monoisotopic (exact) mass is 229 g/mol. The van der Waals surface area contributed by atoms with Crippen molar-refractivity contribution < 1.29 is 5.11 Å². The minimum Gasteiger partial charge on any atom is -0.392 e. The highest BCUT2D eigenvalue weighted by Crippen LogP contribution is 2.11. The molecule has 2 aromatic rings. The Morgan fingerprint density at radius 2 is 1.71 bits per heavy atom. The molecule has 1 aromatic carbocycles. The average Bonchev–Trinajstić information content (AvgIpc) is 2.43. The highest BCUT2D eigenvalue weighted by Gasteiger charge is 2.02. The summed E-state index contributed by atoms with van der Waals surface area (Å²) in [5.74, 6) is 0. The van der Waals surface area contributed by atoms with Gasteiger partial charge in [-0.05, 0) is 17.2 Å². The molecule has 2 nitrogen and oxygen atoms in total. The highest BCUT2D eigenvalue weighted by molar-refractivity contribution is 5.26. The first-order chi connectivity index (χ1) is 8.40. The average molecular weight is 229 g/mol. The van der Waals surface area contributed by atoms with Crippen molar-refractivity contribution in [2.45, 2.75) is 26.9 Å². The molecule has 1 aromatic heterocycles. The van der Waals surface area contributed by atoms with E-state index in [2.05, 4.69) is 17.1 Å². The van der Waals surface area contributed by atoms with Gasteiger partial charge >= 0.3 is 0 Å². The van der Waals surface area contributed by atoms with Gasteiger partial charge in [-0.1, -0.05) is 50.2 Å². The lowest BCUT2D eigenvalue weighted by Gasteiger charge is -2.05. The van der Waals surface area contributed by atoms with Crippen LogP contribution in [-0.2, 0) is 13.0 Å². The molecule has 0 saturated heterocycles. The van der Waals surface area contributed by atoms with Crippen LogP contribution in [0.5, 0.6) is 0 Å². The quantitative estimate of drug-likeness (QED) is 0.876. The zero-order chi connectivity index (χ0) is 12.5. The lowest BCUT2D eigenvalue weighted by Crippen LogP contribution is -1.98. The topological polar surface area (TPSA) is 33.1 Å². The van der Waals surface area contributed by atoms with Crippen molar-refractivity contribution in [1.29, 1.82) is 0 Å². The van der Waals surface area contributed by atoms with Gasteiger partial charge in [-0.15, -0.1) is 0 Å². The van der Waals surface area contributed by atoms with Gasteiger partial charge in [-0.3, -0.25) is 4.98 Å². The third-order valence-corrected chi connectivity index (χ3v) is 2.37. The standard InChI is InChI=1S/C13H13NO.C2H6/c15-10-12-7-4-8-14-13(12)9-11-5-2-1-3-6-11;1-2/h1-8,15H,9-10H2;1-2H3. The Morgan fingerprint density at radius 3 is 2.35 bits per heavy atom. The van der Waals surface area contributed by atoms with E-state index >= 15 is 0 Å². The summed E-state index contributed by atoms with van der Waals surface area (Å²) in [7, 11) is 0. The summed E-state index contributed by atoms with van der Waals surface area (Å²) in [5, 5.41) is 9.16. The largest absolute Gasteiger partial charge is 0.392 e. The van der Waals surface area contributed by atoms with Crippen LogP contribution < -0.4 is 0 Å². The number of aliphatic hydroxyl groups is 1. The second-order valence-corrected chi connectivity index (χ2v) is 3.43. The molecule has 0 bridgehead atoms. The number of hydrogen-bond acceptors (Lipinski definition) is 2. The molecule has 0 aliphatic rings. The molecule has 1 heterocycles. The summed E-state index contributed by atoms with van der Waals surface area (Å²) in [6, 6.07) is 13.9. The van der Waals surface area contributed by atoms with Gasteiger partial charge in [0.1, 0.15) is 0 Å². The van der Waals surface area contributed by atoms with E-state index in [0.717, 1.165) is 17.7 Å². The maximum Gasteiger partial charge on any atom is 0.0699 e. The van der Waals surface area contributed by atoms with Gasteiger partial charge in [0.2, 0.25) is 0 Å². The molecule has 1 N–H and O–H groups in total. The van der Waals surface area contributed by atoms with Crippen molar-refractivity contribution >= 4 is 0 Å². The molecule has 0 aliphatic carbocycles. The lowest BCUT2D eigenvalue weighted by atomic mass is 10.1. The predicted molar refractivity (Wildman–Crippen MR) is 70.8 cm³/mol. The molecule has 0 radical (unpaired) electrons. The smallest absolute Gasteiger partial charge is 0.0699 e. The number of aromatic nitrogens is 1. The van der Waals surface area contributed by atoms with E-state index in [0.29, 0.717) is 0 Å². The Bertz CT molecular complexity index is 426. The summed E-state index contributed by atoms with van der Waals surface area (Å²) < 4.78 is 0. The van der Waals surface area contributed by atoms with Gasteiger partial charge in [0.15, 0.2) is 0 Å². The Morgan fingerprint density at radius 1 is 1.00 bits per heavy atom. The molecule has 2 heteroatoms. The Hall–Kier alpha value is -1.67. The van der Waals surface area contributed by atoms with Gasteiger partial charge in [0.05, 0.1) is 12.3 Å². The molecule has 0 fully saturated rings. The number of nitrogens with zero attached hydrogens (tertiary/aromatic N) is 1. The Balaban J connectivity index is 0.000000686. The summed E-state index contributed by atoms with van der Waals surface area (Å²) in [6.07, 6.45) is 2.54. The second kappa shape index (κ2) is 7.58. The first kappa shape index (κ1) is 13.4. The van der Waals surface area contributed by atoms with Crippen LogP contribution in [0.15, 0.2) is 48.7 Å². The summed E-state index contributed by atoms with van der Waals surface area (Å²) >= 11 is 0. The summed E-state index contributed by atoms with van der Waals surface area (Å²) in [4.78, 5) is 4.28. The molecule has 0 spiro atoms. The van der Waals surface area contributed by atoms with Crippen LogP contribution in [0.25, 0.3) is 0 Å². The molecular weight excluding hydrogens is 210 g/mol. The van der Waals surface area contributed by atoms with Gasteiger partial charge in [-0.25, -0.2) is 0 Å². The molecule has 0 aliphatic heterocycles. The normalized spacial score (nSPS) is 9.35. The van der Waals surface area contributed by atoms with Crippen LogP contribution >= 0.6 is 0 Å². The summed E-state index contributed by atoms with van der Waals surface area (Å²) in [6.45, 7) is 4.05. The third-order valence-electron chi connectivity index (χ3n) is 2.37. The first-order valence-electron chi connectivity index (χ1n) is 5.97. The van der Waals surface area contributed by atoms with Crippen molar-refractivity contribution in [3.05, 3.63) is 65.5 Å². The van der Waals surface area contributed by atoms with Crippen molar-refractivity contribution in [3.63, 3.8) is 0 Å². The number of hydrogen-bond donors (Lipinski definition) is 1. The van der Waals surface area contributed by atoms with Crippen LogP contribution in [0.3, 0.4) is 0 Å². The van der Waals surface area contributed by atoms with E-state index in [1.165, 1.54) is 5.56 Å². The Kier molecular flexibility index (Phi) is 5.97. The maximum absolute atomic E-state index is 9.16. The number of rotatable bonds is 3. The van der Waals surface area contributed by atoms with E-state index < -0.39 is 0 Å². The molecule has 0 atom stereocenters. The molecule has 17 heavy (non-hydrogen) atoms. The number of benzene rings is 1. The van der Waals surface area contributed by atoms with E-state index in [1.54, 1.807) is 6.20 Å². The van der Waals surface area contributed by atoms with Crippen molar-refractivity contribution in [1.82, 2.24) is 4.98 Å². The summed E-state index contributed by atoms with van der Waals surface area (Å²) in [5.41, 5.74) is 3.07. The molecule has 90 valence electrons. The molecule has 0 amide bonds. The molecular formula is C15H19NO. The van der Waals surface area contributed by atoms with Crippen molar-refractivity contribution in [2.24, 2.45) is 0 Å². The van der Waals surface area contributed by atoms with E-state index in [1.807, 2.05) is 44.2 Å². The zero-order valence-corrected chi connectivity index (χ0v) is 10.4. The molecule has 0 unspecified atom stereocenters. The fourth-order valence-corrected chi connectivity index (χ4v) is 1.56. The SMILES string of the molecule is CC.OCc1cccnc1Cc1ccccc1. The number of aliphatic hydroxyl groups excluding tert-OH is 1. The van der Waals surface area contributed by atoms with Crippen LogP contribution in [0.1, 0.15) is 30.7 Å². The second-order valence-electron chi connectivity index (χ2n) is 3.43. The maximum atomic E-state index is 9.16. The zero-order valence-electron chi connectivity index (χ0n) is 10.4. The van der Waals surface area contributed by atoms with Crippen LogP contribution in [0.2, 0.25) is 0 Å². The van der Waals surface area contributed by atoms with Gasteiger partial charge in [0.25, 0.3) is 0 Å². The lowest BCUT2D eigenvalue weighted by molar-refractivity contribution is 0.280.